The van der Waals surface area contributed by atoms with E-state index in [9.17, 15) is 9.59 Å². The van der Waals surface area contributed by atoms with Crippen LogP contribution in [-0.4, -0.2) is 23.6 Å². The van der Waals surface area contributed by atoms with Gasteiger partial charge in [0.1, 0.15) is 0 Å². The van der Waals surface area contributed by atoms with E-state index in [1.165, 1.54) is 6.42 Å². The van der Waals surface area contributed by atoms with Gasteiger partial charge in [-0.2, -0.15) is 0 Å². The fourth-order valence-corrected chi connectivity index (χ4v) is 4.60. The molecule has 2 aliphatic rings. The zero-order valence-electron chi connectivity index (χ0n) is 16.0. The van der Waals surface area contributed by atoms with Crippen molar-refractivity contribution in [3.8, 4) is 0 Å². The maximum atomic E-state index is 12.9. The van der Waals surface area contributed by atoms with Crippen LogP contribution in [0.2, 0.25) is 0 Å². The number of rotatable bonds is 5. The van der Waals surface area contributed by atoms with Gasteiger partial charge in [0, 0.05) is 25.4 Å². The second kappa shape index (κ2) is 8.93. The van der Waals surface area contributed by atoms with Gasteiger partial charge in [0.2, 0.25) is 5.91 Å². The predicted molar refractivity (Wildman–Crippen MR) is 113 cm³/mol. The van der Waals surface area contributed by atoms with Crippen molar-refractivity contribution in [2.75, 3.05) is 13.1 Å². The van der Waals surface area contributed by atoms with Crippen LogP contribution in [-0.2, 0) is 17.9 Å². The lowest BCUT2D eigenvalue weighted by molar-refractivity contribution is -0.134. The minimum atomic E-state index is -0.202. The van der Waals surface area contributed by atoms with Crippen molar-refractivity contribution >= 4 is 18.3 Å². The molecule has 28 heavy (non-hydrogen) atoms. The van der Waals surface area contributed by atoms with E-state index < -0.39 is 0 Å². The number of carbonyl (C=O) groups excluding carboxylic acids is 1. The number of hydrogen-bond donors (Lipinski definition) is 2. The monoisotopic (exact) mass is 401 g/mol. The molecular formula is C22H28ClN3O2. The minimum Gasteiger partial charge on any atom is -0.351 e. The standard InChI is InChI=1S/C22H27N3O2.ClH/c26-20-6-2-4-12-25(20)15-18-9-7-17(8-10-18)13-24-21(27)22-11-3-1-5-19(22)14-23-16-22;/h2,4,6-10,12,19,23H,1,3,5,11,13-16H2,(H,24,27);1H/t19-,22+;/m0./s1. The molecule has 1 aliphatic carbocycles. The van der Waals surface area contributed by atoms with Gasteiger partial charge in [-0.1, -0.05) is 43.2 Å². The number of aromatic nitrogens is 1. The van der Waals surface area contributed by atoms with Crippen LogP contribution in [0.5, 0.6) is 0 Å². The zero-order valence-corrected chi connectivity index (χ0v) is 16.8. The summed E-state index contributed by atoms with van der Waals surface area (Å²) in [6, 6.07) is 13.3. The normalized spacial score (nSPS) is 23.5. The molecule has 2 N–H and O–H groups in total. The van der Waals surface area contributed by atoms with Crippen LogP contribution in [0.1, 0.15) is 36.8 Å². The van der Waals surface area contributed by atoms with Gasteiger partial charge in [0.05, 0.1) is 12.0 Å². The van der Waals surface area contributed by atoms with Crippen LogP contribution < -0.4 is 16.2 Å². The van der Waals surface area contributed by atoms with E-state index in [2.05, 4.69) is 10.6 Å². The quantitative estimate of drug-likeness (QED) is 0.809. The SMILES string of the molecule is Cl.O=C(NCc1ccc(Cn2ccccc2=O)cc1)[C@@]12CCCC[C@H]1CNC2. The summed E-state index contributed by atoms with van der Waals surface area (Å²) in [5, 5.41) is 6.61. The van der Waals surface area contributed by atoms with Gasteiger partial charge in [-0.05, 0) is 42.5 Å². The van der Waals surface area contributed by atoms with Crippen LogP contribution in [0, 0.1) is 11.3 Å². The lowest BCUT2D eigenvalue weighted by Gasteiger charge is -2.37. The topological polar surface area (TPSA) is 63.1 Å². The molecule has 2 aromatic rings. The molecule has 1 saturated heterocycles. The number of hydrogen-bond acceptors (Lipinski definition) is 3. The molecule has 6 heteroatoms. The summed E-state index contributed by atoms with van der Waals surface area (Å²) in [7, 11) is 0. The first-order chi connectivity index (χ1) is 13.2. The Morgan fingerprint density at radius 3 is 2.71 bits per heavy atom. The summed E-state index contributed by atoms with van der Waals surface area (Å²) in [5.74, 6) is 0.690. The van der Waals surface area contributed by atoms with Crippen LogP contribution in [0.25, 0.3) is 0 Å². The Morgan fingerprint density at radius 1 is 1.14 bits per heavy atom. The highest BCUT2D eigenvalue weighted by atomic mass is 35.5. The molecule has 0 spiro atoms. The molecule has 1 aromatic carbocycles. The largest absolute Gasteiger partial charge is 0.351 e. The first-order valence-corrected chi connectivity index (χ1v) is 9.90. The molecule has 0 unspecified atom stereocenters. The van der Waals surface area contributed by atoms with Crippen LogP contribution in [0.15, 0.2) is 53.5 Å². The summed E-state index contributed by atoms with van der Waals surface area (Å²) in [6.45, 7) is 2.90. The predicted octanol–water partition coefficient (Wildman–Crippen LogP) is 2.71. The van der Waals surface area contributed by atoms with Crippen molar-refractivity contribution in [2.45, 2.75) is 38.8 Å². The van der Waals surface area contributed by atoms with E-state index in [-0.39, 0.29) is 29.3 Å². The number of fused-ring (bicyclic) bond motifs is 1. The van der Waals surface area contributed by atoms with Crippen molar-refractivity contribution in [1.82, 2.24) is 15.2 Å². The van der Waals surface area contributed by atoms with E-state index in [1.807, 2.05) is 30.3 Å². The molecule has 0 bridgehead atoms. The Hall–Kier alpha value is -2.11. The second-order valence-corrected chi connectivity index (χ2v) is 7.90. The van der Waals surface area contributed by atoms with Crippen molar-refractivity contribution in [3.63, 3.8) is 0 Å². The molecule has 150 valence electrons. The summed E-state index contributed by atoms with van der Waals surface area (Å²) >= 11 is 0. The highest BCUT2D eigenvalue weighted by Gasteiger charge is 2.49. The van der Waals surface area contributed by atoms with Crippen molar-refractivity contribution < 1.29 is 4.79 Å². The fourth-order valence-electron chi connectivity index (χ4n) is 4.60. The Kier molecular flexibility index (Phi) is 6.57. The number of benzene rings is 1. The van der Waals surface area contributed by atoms with Gasteiger partial charge in [0.25, 0.3) is 5.56 Å². The van der Waals surface area contributed by atoms with Crippen LogP contribution in [0.4, 0.5) is 0 Å². The highest BCUT2D eigenvalue weighted by molar-refractivity contribution is 5.85. The minimum absolute atomic E-state index is 0. The first kappa shape index (κ1) is 20.6. The molecule has 1 amide bonds. The van der Waals surface area contributed by atoms with Crippen molar-refractivity contribution in [2.24, 2.45) is 11.3 Å². The molecule has 0 radical (unpaired) electrons. The molecular weight excluding hydrogens is 374 g/mol. The zero-order chi connectivity index (χ0) is 18.7. The van der Waals surface area contributed by atoms with E-state index in [0.29, 0.717) is 19.0 Å². The third-order valence-electron chi connectivity index (χ3n) is 6.22. The lowest BCUT2D eigenvalue weighted by atomic mass is 9.67. The van der Waals surface area contributed by atoms with E-state index in [4.69, 9.17) is 0 Å². The first-order valence-electron chi connectivity index (χ1n) is 9.90. The Morgan fingerprint density at radius 2 is 1.93 bits per heavy atom. The van der Waals surface area contributed by atoms with E-state index in [0.717, 1.165) is 43.5 Å². The number of amides is 1. The number of pyridine rings is 1. The third kappa shape index (κ3) is 4.15. The fraction of sp³-hybridized carbons (Fsp3) is 0.455. The lowest BCUT2D eigenvalue weighted by Crippen LogP contribution is -2.47. The molecule has 2 atom stereocenters. The van der Waals surface area contributed by atoms with Crippen LogP contribution in [0.3, 0.4) is 0 Å². The van der Waals surface area contributed by atoms with Crippen molar-refractivity contribution in [1.29, 1.82) is 0 Å². The van der Waals surface area contributed by atoms with Gasteiger partial charge in [0.15, 0.2) is 0 Å². The molecule has 1 aliphatic heterocycles. The number of carbonyl (C=O) groups is 1. The maximum Gasteiger partial charge on any atom is 0.250 e. The van der Waals surface area contributed by atoms with E-state index in [1.54, 1.807) is 22.9 Å². The molecule has 5 nitrogen and oxygen atoms in total. The summed E-state index contributed by atoms with van der Waals surface area (Å²) in [4.78, 5) is 24.8. The average molecular weight is 402 g/mol. The Bertz CT molecular complexity index is 865. The number of halogens is 1. The van der Waals surface area contributed by atoms with E-state index >= 15 is 0 Å². The Balaban J connectivity index is 0.00000225. The molecule has 2 heterocycles. The smallest absolute Gasteiger partial charge is 0.250 e. The highest BCUT2D eigenvalue weighted by Crippen LogP contribution is 2.43. The van der Waals surface area contributed by atoms with Gasteiger partial charge in [-0.25, -0.2) is 0 Å². The molecule has 1 aromatic heterocycles. The van der Waals surface area contributed by atoms with Gasteiger partial charge < -0.3 is 15.2 Å². The summed E-state index contributed by atoms with van der Waals surface area (Å²) in [6.07, 6.45) is 6.35. The molecule has 2 fully saturated rings. The third-order valence-corrected chi connectivity index (χ3v) is 6.22. The second-order valence-electron chi connectivity index (χ2n) is 7.90. The van der Waals surface area contributed by atoms with Gasteiger partial charge >= 0.3 is 0 Å². The molecule has 1 saturated carbocycles. The summed E-state index contributed by atoms with van der Waals surface area (Å²) in [5.41, 5.74) is 1.96. The molecule has 4 rings (SSSR count). The van der Waals surface area contributed by atoms with Gasteiger partial charge in [-0.15, -0.1) is 12.4 Å². The Labute approximate surface area is 171 Å². The van der Waals surface area contributed by atoms with Crippen molar-refractivity contribution in [3.05, 3.63) is 70.1 Å². The van der Waals surface area contributed by atoms with Gasteiger partial charge in [-0.3, -0.25) is 9.59 Å². The van der Waals surface area contributed by atoms with Crippen LogP contribution >= 0.6 is 12.4 Å². The number of nitrogens with zero attached hydrogens (tertiary/aromatic N) is 1. The average Bonchev–Trinajstić information content (AvgIpc) is 3.14. The maximum absolute atomic E-state index is 12.9. The number of nitrogens with one attached hydrogen (secondary N) is 2. The summed E-state index contributed by atoms with van der Waals surface area (Å²) < 4.78 is 1.69.